The average Bonchev–Trinajstić information content (AvgIpc) is 2.46. The fourth-order valence-electron chi connectivity index (χ4n) is 2.42. The molecule has 1 aliphatic rings. The van der Waals surface area contributed by atoms with Crippen molar-refractivity contribution in [3.63, 3.8) is 0 Å². The second kappa shape index (κ2) is 5.30. The molecule has 98 valence electrons. The number of rotatable bonds is 3. The molecule has 0 spiro atoms. The zero-order valence-corrected chi connectivity index (χ0v) is 12.3. The van der Waals surface area contributed by atoms with Gasteiger partial charge in [0.25, 0.3) is 0 Å². The van der Waals surface area contributed by atoms with Gasteiger partial charge < -0.3 is 4.90 Å². The molecule has 0 fully saturated rings. The second-order valence-electron chi connectivity index (χ2n) is 5.16. The van der Waals surface area contributed by atoms with Crippen LogP contribution in [0, 0.1) is 5.92 Å². The third kappa shape index (κ3) is 2.37. The molecule has 1 heterocycles. The van der Waals surface area contributed by atoms with Crippen LogP contribution in [0.2, 0.25) is 0 Å². The molecule has 0 N–H and O–H groups in total. The van der Waals surface area contributed by atoms with Gasteiger partial charge in [-0.2, -0.15) is 0 Å². The number of hydrogen-bond donors (Lipinski definition) is 0. The highest BCUT2D eigenvalue weighted by molar-refractivity contribution is 7.99. The zero-order chi connectivity index (χ0) is 13.2. The second-order valence-corrected chi connectivity index (χ2v) is 6.25. The van der Waals surface area contributed by atoms with Crippen LogP contribution >= 0.6 is 11.8 Å². The maximum atomic E-state index is 2.48. The van der Waals surface area contributed by atoms with Gasteiger partial charge in [-0.05, 0) is 30.2 Å². The van der Waals surface area contributed by atoms with Crippen molar-refractivity contribution in [3.8, 4) is 0 Å². The van der Waals surface area contributed by atoms with Gasteiger partial charge >= 0.3 is 0 Å². The Hall–Kier alpha value is -1.41. The minimum absolute atomic E-state index is 0.698. The summed E-state index contributed by atoms with van der Waals surface area (Å²) < 4.78 is 0. The Morgan fingerprint density at radius 2 is 1.47 bits per heavy atom. The summed E-state index contributed by atoms with van der Waals surface area (Å²) in [6, 6.07) is 17.4. The molecule has 3 rings (SSSR count). The van der Waals surface area contributed by atoms with Crippen LogP contribution < -0.4 is 4.90 Å². The molecule has 1 aliphatic heterocycles. The van der Waals surface area contributed by atoms with Crippen molar-refractivity contribution in [1.29, 1.82) is 0 Å². The number of nitrogens with zero attached hydrogens (tertiary/aromatic N) is 1. The van der Waals surface area contributed by atoms with E-state index in [9.17, 15) is 0 Å². The fraction of sp³-hybridized carbons (Fsp3) is 0.294. The van der Waals surface area contributed by atoms with Gasteiger partial charge in [0.15, 0.2) is 0 Å². The molecule has 0 saturated heterocycles. The molecule has 0 radical (unpaired) electrons. The minimum atomic E-state index is 0.698. The predicted octanol–water partition coefficient (Wildman–Crippen LogP) is 5.34. The Kier molecular flexibility index (Phi) is 3.52. The lowest BCUT2D eigenvalue weighted by atomic mass is 10.1. The van der Waals surface area contributed by atoms with Gasteiger partial charge in [0, 0.05) is 16.3 Å². The molecule has 19 heavy (non-hydrogen) atoms. The van der Waals surface area contributed by atoms with E-state index < -0.39 is 0 Å². The van der Waals surface area contributed by atoms with E-state index >= 15 is 0 Å². The van der Waals surface area contributed by atoms with Crippen molar-refractivity contribution in [3.05, 3.63) is 48.5 Å². The zero-order valence-electron chi connectivity index (χ0n) is 11.5. The van der Waals surface area contributed by atoms with Crippen LogP contribution in [-0.4, -0.2) is 6.54 Å². The fourth-order valence-corrected chi connectivity index (χ4v) is 3.51. The van der Waals surface area contributed by atoms with Crippen LogP contribution in [0.15, 0.2) is 58.3 Å². The number of anilines is 2. The lowest BCUT2D eigenvalue weighted by Gasteiger charge is -2.34. The van der Waals surface area contributed by atoms with Crippen molar-refractivity contribution in [1.82, 2.24) is 0 Å². The smallest absolute Gasteiger partial charge is 0.0552 e. The highest BCUT2D eigenvalue weighted by Gasteiger charge is 2.23. The van der Waals surface area contributed by atoms with Gasteiger partial charge in [-0.25, -0.2) is 0 Å². The Bertz CT molecular complexity index is 533. The van der Waals surface area contributed by atoms with E-state index in [1.54, 1.807) is 0 Å². The van der Waals surface area contributed by atoms with Crippen molar-refractivity contribution < 1.29 is 0 Å². The first-order valence-electron chi connectivity index (χ1n) is 6.93. The van der Waals surface area contributed by atoms with E-state index in [1.165, 1.54) is 27.6 Å². The highest BCUT2D eigenvalue weighted by atomic mass is 32.2. The predicted molar refractivity (Wildman–Crippen MR) is 83.5 cm³/mol. The number of hydrogen-bond acceptors (Lipinski definition) is 2. The Morgan fingerprint density at radius 1 is 0.947 bits per heavy atom. The van der Waals surface area contributed by atoms with Crippen LogP contribution in [0.1, 0.15) is 20.3 Å². The van der Waals surface area contributed by atoms with Gasteiger partial charge in [0.2, 0.25) is 0 Å². The van der Waals surface area contributed by atoms with E-state index in [2.05, 4.69) is 67.3 Å². The van der Waals surface area contributed by atoms with E-state index in [1.807, 2.05) is 11.8 Å². The Morgan fingerprint density at radius 3 is 2.00 bits per heavy atom. The topological polar surface area (TPSA) is 3.24 Å². The normalized spacial score (nSPS) is 14.7. The van der Waals surface area contributed by atoms with Gasteiger partial charge in [-0.1, -0.05) is 56.3 Å². The molecular formula is C17H19NS. The van der Waals surface area contributed by atoms with Crippen molar-refractivity contribution in [2.24, 2.45) is 5.92 Å². The third-order valence-electron chi connectivity index (χ3n) is 3.72. The summed E-state index contributed by atoms with van der Waals surface area (Å²) in [5, 5.41) is 0. The molecule has 1 unspecified atom stereocenters. The lowest BCUT2D eigenvalue weighted by molar-refractivity contribution is 0.566. The highest BCUT2D eigenvalue weighted by Crippen LogP contribution is 2.48. The number of benzene rings is 2. The molecular weight excluding hydrogens is 250 g/mol. The summed E-state index contributed by atoms with van der Waals surface area (Å²) in [7, 11) is 0. The molecule has 0 bridgehead atoms. The van der Waals surface area contributed by atoms with Crippen molar-refractivity contribution in [2.45, 2.75) is 30.1 Å². The molecule has 0 aliphatic carbocycles. The maximum absolute atomic E-state index is 2.48. The first-order chi connectivity index (χ1) is 9.29. The van der Waals surface area contributed by atoms with Crippen molar-refractivity contribution >= 4 is 23.1 Å². The Labute approximate surface area is 119 Å². The molecule has 0 amide bonds. The van der Waals surface area contributed by atoms with Crippen LogP contribution in [0.5, 0.6) is 0 Å². The Balaban J connectivity index is 2.06. The van der Waals surface area contributed by atoms with E-state index in [0.29, 0.717) is 5.92 Å². The third-order valence-corrected chi connectivity index (χ3v) is 4.85. The largest absolute Gasteiger partial charge is 0.339 e. The molecule has 0 saturated carbocycles. The van der Waals surface area contributed by atoms with Crippen LogP contribution in [0.25, 0.3) is 0 Å². The SMILES string of the molecule is CCC(C)CN1c2ccccc2Sc2ccccc21. The van der Waals surface area contributed by atoms with Crippen LogP contribution in [0.3, 0.4) is 0 Å². The quantitative estimate of drug-likeness (QED) is 0.740. The van der Waals surface area contributed by atoms with E-state index in [-0.39, 0.29) is 0 Å². The molecule has 1 nitrogen and oxygen atoms in total. The van der Waals surface area contributed by atoms with Gasteiger partial charge in [0.1, 0.15) is 0 Å². The van der Waals surface area contributed by atoms with Gasteiger partial charge in [-0.3, -0.25) is 0 Å². The molecule has 2 aromatic carbocycles. The molecule has 2 heteroatoms. The summed E-state index contributed by atoms with van der Waals surface area (Å²) >= 11 is 1.88. The molecule has 1 atom stereocenters. The molecule has 0 aromatic heterocycles. The maximum Gasteiger partial charge on any atom is 0.0552 e. The van der Waals surface area contributed by atoms with Crippen molar-refractivity contribution in [2.75, 3.05) is 11.4 Å². The monoisotopic (exact) mass is 269 g/mol. The number of para-hydroxylation sites is 2. The average molecular weight is 269 g/mol. The lowest BCUT2D eigenvalue weighted by Crippen LogP contribution is -2.25. The summed E-state index contributed by atoms with van der Waals surface area (Å²) in [4.78, 5) is 5.21. The molecule has 2 aromatic rings. The number of fused-ring (bicyclic) bond motifs is 2. The summed E-state index contributed by atoms with van der Waals surface area (Å²) in [5.74, 6) is 0.698. The van der Waals surface area contributed by atoms with Crippen LogP contribution in [-0.2, 0) is 0 Å². The first-order valence-corrected chi connectivity index (χ1v) is 7.74. The summed E-state index contributed by atoms with van der Waals surface area (Å²) in [6.07, 6.45) is 1.22. The van der Waals surface area contributed by atoms with E-state index in [4.69, 9.17) is 0 Å². The summed E-state index contributed by atoms with van der Waals surface area (Å²) in [5.41, 5.74) is 2.71. The van der Waals surface area contributed by atoms with Gasteiger partial charge in [-0.15, -0.1) is 0 Å². The minimum Gasteiger partial charge on any atom is -0.339 e. The van der Waals surface area contributed by atoms with Crippen LogP contribution in [0.4, 0.5) is 11.4 Å². The first kappa shape index (κ1) is 12.6. The van der Waals surface area contributed by atoms with E-state index in [0.717, 1.165) is 6.54 Å². The standard InChI is InChI=1S/C17H19NS/c1-3-13(2)12-18-14-8-4-6-10-16(14)19-17-11-7-5-9-15(17)18/h4-11,13H,3,12H2,1-2H3. The van der Waals surface area contributed by atoms with Gasteiger partial charge in [0.05, 0.1) is 11.4 Å². The summed E-state index contributed by atoms with van der Waals surface area (Å²) in [6.45, 7) is 5.68.